The molecule has 0 radical (unpaired) electrons. The average Bonchev–Trinajstić information content (AvgIpc) is 2.41. The first kappa shape index (κ1) is 15.9. The van der Waals surface area contributed by atoms with E-state index in [9.17, 15) is 5.11 Å². The molecule has 3 nitrogen and oxygen atoms in total. The van der Waals surface area contributed by atoms with Gasteiger partial charge in [-0.3, -0.25) is 0 Å². The number of unbranched alkanes of at least 4 members (excludes halogenated alkanes) is 3. The van der Waals surface area contributed by atoms with Gasteiger partial charge in [0.25, 0.3) is 0 Å². The van der Waals surface area contributed by atoms with E-state index in [1.165, 1.54) is 25.7 Å². The summed E-state index contributed by atoms with van der Waals surface area (Å²) in [7, 11) is 0. The van der Waals surface area contributed by atoms with Crippen LogP contribution in [0.5, 0.6) is 0 Å². The third kappa shape index (κ3) is 8.06. The molecule has 0 spiro atoms. The molecule has 1 heterocycles. The van der Waals surface area contributed by atoms with E-state index >= 15 is 0 Å². The first-order valence-electron chi connectivity index (χ1n) is 7.74. The summed E-state index contributed by atoms with van der Waals surface area (Å²) in [5.41, 5.74) is 0. The lowest BCUT2D eigenvalue weighted by Gasteiger charge is -2.22. The van der Waals surface area contributed by atoms with Crippen molar-refractivity contribution in [2.24, 2.45) is 0 Å². The molecule has 1 aliphatic rings. The second kappa shape index (κ2) is 10.8. The Labute approximate surface area is 112 Å². The fourth-order valence-corrected chi connectivity index (χ4v) is 2.33. The van der Waals surface area contributed by atoms with Crippen LogP contribution in [0.2, 0.25) is 0 Å². The maximum Gasteiger partial charge on any atom is 0.157 e. The molecule has 18 heavy (non-hydrogen) atoms. The maximum atomic E-state index is 9.80. The van der Waals surface area contributed by atoms with Crippen LogP contribution >= 0.6 is 0 Å². The number of rotatable bonds is 10. The lowest BCUT2D eigenvalue weighted by molar-refractivity contribution is -0.163. The van der Waals surface area contributed by atoms with Crippen LogP contribution in [-0.2, 0) is 9.47 Å². The zero-order valence-corrected chi connectivity index (χ0v) is 11.9. The molecule has 1 unspecified atom stereocenters. The smallest absolute Gasteiger partial charge is 0.157 e. The van der Waals surface area contributed by atoms with Gasteiger partial charge < -0.3 is 14.6 Å². The van der Waals surface area contributed by atoms with Crippen LogP contribution in [-0.4, -0.2) is 30.7 Å². The summed E-state index contributed by atoms with van der Waals surface area (Å²) in [6.07, 6.45) is 11.0. The minimum atomic E-state index is -0.141. The van der Waals surface area contributed by atoms with E-state index in [2.05, 4.69) is 6.92 Å². The Balaban J connectivity index is 1.86. The summed E-state index contributed by atoms with van der Waals surface area (Å²) in [5, 5.41) is 9.80. The van der Waals surface area contributed by atoms with Crippen LogP contribution in [0.15, 0.2) is 0 Å². The van der Waals surface area contributed by atoms with Crippen molar-refractivity contribution in [3.8, 4) is 0 Å². The molecule has 1 N–H and O–H groups in total. The van der Waals surface area contributed by atoms with Gasteiger partial charge in [-0.05, 0) is 38.5 Å². The summed E-state index contributed by atoms with van der Waals surface area (Å²) >= 11 is 0. The molecule has 1 fully saturated rings. The van der Waals surface area contributed by atoms with Crippen molar-refractivity contribution in [2.45, 2.75) is 83.5 Å². The van der Waals surface area contributed by atoms with Crippen molar-refractivity contribution >= 4 is 0 Å². The highest BCUT2D eigenvalue weighted by Crippen LogP contribution is 2.15. The minimum absolute atomic E-state index is 0.0143. The Hall–Kier alpha value is -0.120. The third-order valence-electron chi connectivity index (χ3n) is 3.51. The summed E-state index contributed by atoms with van der Waals surface area (Å²) in [6.45, 7) is 3.77. The standard InChI is InChI=1S/C15H30O3/c1-2-3-4-5-9-14(16)10-8-13-18-15-11-6-7-12-17-15/h14-16H,2-13H2,1H3/t14-,15?/m1/s1. The molecule has 0 aromatic rings. The van der Waals surface area contributed by atoms with E-state index in [1.54, 1.807) is 0 Å². The lowest BCUT2D eigenvalue weighted by Crippen LogP contribution is -2.23. The second-order valence-corrected chi connectivity index (χ2v) is 5.31. The van der Waals surface area contributed by atoms with Gasteiger partial charge in [-0.1, -0.05) is 32.6 Å². The molecule has 0 aromatic carbocycles. The fraction of sp³-hybridized carbons (Fsp3) is 1.00. The average molecular weight is 258 g/mol. The molecule has 0 saturated carbocycles. The first-order valence-corrected chi connectivity index (χ1v) is 7.74. The second-order valence-electron chi connectivity index (χ2n) is 5.31. The number of ether oxygens (including phenoxy) is 2. The van der Waals surface area contributed by atoms with Gasteiger partial charge in [-0.25, -0.2) is 0 Å². The predicted molar refractivity (Wildman–Crippen MR) is 73.5 cm³/mol. The van der Waals surface area contributed by atoms with Crippen LogP contribution in [0.25, 0.3) is 0 Å². The molecule has 108 valence electrons. The highest BCUT2D eigenvalue weighted by molar-refractivity contribution is 4.58. The van der Waals surface area contributed by atoms with Crippen molar-refractivity contribution in [1.29, 1.82) is 0 Å². The quantitative estimate of drug-likeness (QED) is 0.608. The van der Waals surface area contributed by atoms with Crippen LogP contribution in [0.4, 0.5) is 0 Å². The van der Waals surface area contributed by atoms with Crippen molar-refractivity contribution in [1.82, 2.24) is 0 Å². The molecule has 1 saturated heterocycles. The monoisotopic (exact) mass is 258 g/mol. The fourth-order valence-electron chi connectivity index (χ4n) is 2.33. The van der Waals surface area contributed by atoms with Gasteiger partial charge in [0.1, 0.15) is 0 Å². The largest absolute Gasteiger partial charge is 0.393 e. The Morgan fingerprint density at radius 3 is 2.72 bits per heavy atom. The zero-order chi connectivity index (χ0) is 13.1. The van der Waals surface area contributed by atoms with Crippen LogP contribution < -0.4 is 0 Å². The minimum Gasteiger partial charge on any atom is -0.393 e. The van der Waals surface area contributed by atoms with Crippen LogP contribution in [0, 0.1) is 0 Å². The van der Waals surface area contributed by atoms with Crippen molar-refractivity contribution in [3.63, 3.8) is 0 Å². The van der Waals surface area contributed by atoms with Crippen molar-refractivity contribution < 1.29 is 14.6 Å². The number of aliphatic hydroxyl groups is 1. The van der Waals surface area contributed by atoms with E-state index in [1.807, 2.05) is 0 Å². The molecular weight excluding hydrogens is 228 g/mol. The third-order valence-corrected chi connectivity index (χ3v) is 3.51. The molecule has 0 amide bonds. The molecule has 1 aliphatic heterocycles. The van der Waals surface area contributed by atoms with Gasteiger partial charge in [0.05, 0.1) is 6.10 Å². The molecule has 0 aliphatic carbocycles. The molecule has 0 bridgehead atoms. The zero-order valence-electron chi connectivity index (χ0n) is 11.9. The van der Waals surface area contributed by atoms with Gasteiger partial charge in [-0.15, -0.1) is 0 Å². The van der Waals surface area contributed by atoms with Gasteiger partial charge in [0.2, 0.25) is 0 Å². The number of hydrogen-bond donors (Lipinski definition) is 1. The van der Waals surface area contributed by atoms with Gasteiger partial charge >= 0.3 is 0 Å². The van der Waals surface area contributed by atoms with E-state index in [0.29, 0.717) is 0 Å². The summed E-state index contributed by atoms with van der Waals surface area (Å²) in [4.78, 5) is 0. The summed E-state index contributed by atoms with van der Waals surface area (Å²) in [6, 6.07) is 0. The SMILES string of the molecule is CCCCCC[C@@H](O)CCCOC1CCCCO1. The van der Waals surface area contributed by atoms with Crippen LogP contribution in [0.1, 0.15) is 71.1 Å². The Kier molecular flexibility index (Phi) is 9.54. The highest BCUT2D eigenvalue weighted by Gasteiger charge is 2.13. The first-order chi connectivity index (χ1) is 8.83. The van der Waals surface area contributed by atoms with Crippen LogP contribution in [0.3, 0.4) is 0 Å². The lowest BCUT2D eigenvalue weighted by atomic mass is 10.1. The van der Waals surface area contributed by atoms with E-state index in [-0.39, 0.29) is 12.4 Å². The van der Waals surface area contributed by atoms with Gasteiger partial charge in [0.15, 0.2) is 6.29 Å². The Morgan fingerprint density at radius 2 is 2.00 bits per heavy atom. The Morgan fingerprint density at radius 1 is 1.17 bits per heavy atom. The predicted octanol–water partition coefficient (Wildman–Crippen LogP) is 3.64. The van der Waals surface area contributed by atoms with E-state index in [0.717, 1.165) is 51.7 Å². The molecular formula is C15H30O3. The van der Waals surface area contributed by atoms with E-state index < -0.39 is 0 Å². The molecule has 1 rings (SSSR count). The van der Waals surface area contributed by atoms with Crippen molar-refractivity contribution in [3.05, 3.63) is 0 Å². The normalized spacial score (nSPS) is 22.0. The van der Waals surface area contributed by atoms with E-state index in [4.69, 9.17) is 9.47 Å². The summed E-state index contributed by atoms with van der Waals surface area (Å²) in [5.74, 6) is 0. The van der Waals surface area contributed by atoms with Gasteiger partial charge in [-0.2, -0.15) is 0 Å². The number of aliphatic hydroxyl groups excluding tert-OH is 1. The highest BCUT2D eigenvalue weighted by atomic mass is 16.7. The Bertz CT molecular complexity index is 179. The molecule has 2 atom stereocenters. The molecule has 3 heteroatoms. The maximum absolute atomic E-state index is 9.80. The van der Waals surface area contributed by atoms with Gasteiger partial charge in [0, 0.05) is 13.2 Å². The van der Waals surface area contributed by atoms with Crippen molar-refractivity contribution in [2.75, 3.05) is 13.2 Å². The number of hydrogen-bond acceptors (Lipinski definition) is 3. The summed E-state index contributed by atoms with van der Waals surface area (Å²) < 4.78 is 11.1. The topological polar surface area (TPSA) is 38.7 Å². The molecule has 0 aromatic heterocycles.